The molecule has 2 atom stereocenters. The van der Waals surface area contributed by atoms with Gasteiger partial charge in [-0.05, 0) is 87.2 Å². The molecule has 1 aromatic heterocycles. The van der Waals surface area contributed by atoms with Crippen LogP contribution >= 0.6 is 11.3 Å². The Morgan fingerprint density at radius 2 is 2.19 bits per heavy atom. The minimum absolute atomic E-state index is 0.691. The average molecular weight is 302 g/mol. The van der Waals surface area contributed by atoms with Gasteiger partial charge in [0.1, 0.15) is 0 Å². The molecule has 1 aromatic carbocycles. The van der Waals surface area contributed by atoms with Crippen LogP contribution in [0, 0.1) is 5.92 Å². The minimum atomic E-state index is 0.691. The zero-order chi connectivity index (χ0) is 14.7. The number of hydrogen-bond acceptors (Lipinski definition) is 3. The molecule has 21 heavy (non-hydrogen) atoms. The van der Waals surface area contributed by atoms with Crippen LogP contribution in [0.25, 0.3) is 10.1 Å². The Labute approximate surface area is 132 Å². The van der Waals surface area contributed by atoms with Crippen LogP contribution in [0.4, 0.5) is 0 Å². The topological polar surface area (TPSA) is 15.3 Å². The van der Waals surface area contributed by atoms with Gasteiger partial charge in [-0.1, -0.05) is 18.2 Å². The highest BCUT2D eigenvalue weighted by atomic mass is 32.1. The maximum absolute atomic E-state index is 3.60. The monoisotopic (exact) mass is 302 g/mol. The summed E-state index contributed by atoms with van der Waals surface area (Å²) in [5.41, 5.74) is 1.59. The van der Waals surface area contributed by atoms with Crippen LogP contribution in [0.1, 0.15) is 30.7 Å². The summed E-state index contributed by atoms with van der Waals surface area (Å²) in [5, 5.41) is 7.50. The van der Waals surface area contributed by atoms with E-state index in [1.807, 2.05) is 11.3 Å². The summed E-state index contributed by atoms with van der Waals surface area (Å²) in [6.07, 6.45) is 3.96. The molecule has 0 amide bonds. The number of nitrogens with one attached hydrogen (secondary N) is 1. The first-order valence-electron chi connectivity index (χ1n) is 8.07. The Bertz CT molecular complexity index is 569. The largest absolute Gasteiger partial charge is 0.316 e. The first-order chi connectivity index (χ1) is 10.3. The summed E-state index contributed by atoms with van der Waals surface area (Å²) in [6, 6.07) is 8.89. The van der Waals surface area contributed by atoms with Crippen LogP contribution in [0.15, 0.2) is 29.6 Å². The number of benzene rings is 1. The molecule has 0 spiro atoms. The van der Waals surface area contributed by atoms with Gasteiger partial charge in [0.15, 0.2) is 0 Å². The van der Waals surface area contributed by atoms with Gasteiger partial charge >= 0.3 is 0 Å². The Morgan fingerprint density at radius 3 is 2.95 bits per heavy atom. The fourth-order valence-corrected chi connectivity index (χ4v) is 4.58. The van der Waals surface area contributed by atoms with Gasteiger partial charge in [0.2, 0.25) is 0 Å². The van der Waals surface area contributed by atoms with Gasteiger partial charge in [-0.2, -0.15) is 0 Å². The number of fused-ring (bicyclic) bond motifs is 1. The molecule has 3 heteroatoms. The average Bonchev–Trinajstić information content (AvgIpc) is 2.93. The van der Waals surface area contributed by atoms with E-state index in [0.29, 0.717) is 5.92 Å². The molecule has 1 saturated heterocycles. The lowest BCUT2D eigenvalue weighted by molar-refractivity contribution is 0.286. The molecule has 0 radical (unpaired) electrons. The van der Waals surface area contributed by atoms with Gasteiger partial charge in [-0.25, -0.2) is 0 Å². The number of thiophene rings is 1. The van der Waals surface area contributed by atoms with Crippen LogP contribution in [0.5, 0.6) is 0 Å². The predicted octanol–water partition coefficient (Wildman–Crippen LogP) is 3.94. The minimum Gasteiger partial charge on any atom is -0.316 e. The van der Waals surface area contributed by atoms with Crippen molar-refractivity contribution in [3.8, 4) is 0 Å². The maximum Gasteiger partial charge on any atom is 0.0345 e. The van der Waals surface area contributed by atoms with Crippen LogP contribution in [-0.4, -0.2) is 38.6 Å². The van der Waals surface area contributed by atoms with Gasteiger partial charge in [-0.3, -0.25) is 0 Å². The Morgan fingerprint density at radius 1 is 1.33 bits per heavy atom. The Hall–Kier alpha value is -0.900. The van der Waals surface area contributed by atoms with Gasteiger partial charge in [0, 0.05) is 4.70 Å². The van der Waals surface area contributed by atoms with E-state index >= 15 is 0 Å². The lowest BCUT2D eigenvalue weighted by atomic mass is 9.79. The standard InChI is InChI=1S/C18H26N2S/c1-20(2)11-9-15(14-6-5-10-19-12-14)17-13-21-18-8-4-3-7-16(17)18/h3-4,7-8,13-15,19H,5-6,9-12H2,1-2H3. The van der Waals surface area contributed by atoms with Crippen molar-refractivity contribution in [1.29, 1.82) is 0 Å². The summed E-state index contributed by atoms with van der Waals surface area (Å²) < 4.78 is 1.44. The van der Waals surface area contributed by atoms with E-state index in [9.17, 15) is 0 Å². The van der Waals surface area contributed by atoms with E-state index in [0.717, 1.165) is 5.92 Å². The molecule has 2 heterocycles. The highest BCUT2D eigenvalue weighted by Crippen LogP contribution is 2.39. The zero-order valence-electron chi connectivity index (χ0n) is 13.1. The van der Waals surface area contributed by atoms with Gasteiger partial charge < -0.3 is 10.2 Å². The highest BCUT2D eigenvalue weighted by Gasteiger charge is 2.26. The summed E-state index contributed by atoms with van der Waals surface area (Å²) in [7, 11) is 4.36. The number of piperidine rings is 1. The molecule has 0 saturated carbocycles. The third-order valence-corrected chi connectivity index (χ3v) is 5.68. The molecule has 0 aliphatic carbocycles. The molecule has 0 bridgehead atoms. The Balaban J connectivity index is 1.89. The molecule has 1 N–H and O–H groups in total. The number of rotatable bonds is 5. The van der Waals surface area contributed by atoms with Crippen LogP contribution in [0.2, 0.25) is 0 Å². The predicted molar refractivity (Wildman–Crippen MR) is 93.3 cm³/mol. The first-order valence-corrected chi connectivity index (χ1v) is 8.95. The van der Waals surface area contributed by atoms with Crippen molar-refractivity contribution in [1.82, 2.24) is 10.2 Å². The number of hydrogen-bond donors (Lipinski definition) is 1. The summed E-state index contributed by atoms with van der Waals surface area (Å²) in [4.78, 5) is 2.32. The molecule has 114 valence electrons. The summed E-state index contributed by atoms with van der Waals surface area (Å²) >= 11 is 1.91. The van der Waals surface area contributed by atoms with Crippen LogP contribution in [0.3, 0.4) is 0 Å². The van der Waals surface area contributed by atoms with E-state index < -0.39 is 0 Å². The van der Waals surface area contributed by atoms with Crippen molar-refractivity contribution in [3.05, 3.63) is 35.2 Å². The third kappa shape index (κ3) is 3.47. The summed E-state index contributed by atoms with van der Waals surface area (Å²) in [5.74, 6) is 1.48. The molecule has 1 fully saturated rings. The molecule has 2 aromatic rings. The van der Waals surface area contributed by atoms with Crippen LogP contribution < -0.4 is 5.32 Å². The highest BCUT2D eigenvalue weighted by molar-refractivity contribution is 7.17. The van der Waals surface area contributed by atoms with Gasteiger partial charge in [0.25, 0.3) is 0 Å². The van der Waals surface area contributed by atoms with Crippen molar-refractivity contribution in [2.75, 3.05) is 33.7 Å². The van der Waals surface area contributed by atoms with E-state index in [2.05, 4.69) is 54.0 Å². The van der Waals surface area contributed by atoms with Crippen molar-refractivity contribution in [2.24, 2.45) is 5.92 Å². The molecule has 3 rings (SSSR count). The lowest BCUT2D eigenvalue weighted by Gasteiger charge is -2.31. The smallest absolute Gasteiger partial charge is 0.0345 e. The Kier molecular flexibility index (Phi) is 4.94. The van der Waals surface area contributed by atoms with Gasteiger partial charge in [-0.15, -0.1) is 11.3 Å². The fourth-order valence-electron chi connectivity index (χ4n) is 3.55. The first kappa shape index (κ1) is 15.0. The molecule has 2 unspecified atom stereocenters. The molecular weight excluding hydrogens is 276 g/mol. The second-order valence-electron chi connectivity index (χ2n) is 6.49. The molecule has 1 aliphatic heterocycles. The van der Waals surface area contributed by atoms with E-state index in [-0.39, 0.29) is 0 Å². The summed E-state index contributed by atoms with van der Waals surface area (Å²) in [6.45, 7) is 3.55. The van der Waals surface area contributed by atoms with Gasteiger partial charge in [0.05, 0.1) is 0 Å². The normalized spacial score (nSPS) is 21.0. The van der Waals surface area contributed by atoms with Crippen molar-refractivity contribution in [2.45, 2.75) is 25.2 Å². The lowest BCUT2D eigenvalue weighted by Crippen LogP contribution is -2.34. The van der Waals surface area contributed by atoms with Crippen molar-refractivity contribution < 1.29 is 0 Å². The number of nitrogens with zero attached hydrogens (tertiary/aromatic N) is 1. The zero-order valence-corrected chi connectivity index (χ0v) is 14.0. The van der Waals surface area contributed by atoms with E-state index in [1.165, 1.54) is 49.0 Å². The molecule has 2 nitrogen and oxygen atoms in total. The fraction of sp³-hybridized carbons (Fsp3) is 0.556. The van der Waals surface area contributed by atoms with Crippen molar-refractivity contribution >= 4 is 21.4 Å². The second kappa shape index (κ2) is 6.91. The molecular formula is C18H26N2S. The third-order valence-electron chi connectivity index (χ3n) is 4.70. The van der Waals surface area contributed by atoms with E-state index in [1.54, 1.807) is 5.56 Å². The second-order valence-corrected chi connectivity index (χ2v) is 7.40. The quantitative estimate of drug-likeness (QED) is 0.900. The maximum atomic E-state index is 3.60. The molecule has 1 aliphatic rings. The van der Waals surface area contributed by atoms with Crippen molar-refractivity contribution in [3.63, 3.8) is 0 Å². The van der Waals surface area contributed by atoms with E-state index in [4.69, 9.17) is 0 Å². The van der Waals surface area contributed by atoms with Crippen LogP contribution in [-0.2, 0) is 0 Å². The SMILES string of the molecule is CN(C)CCC(c1csc2ccccc12)C1CCCNC1.